The molecule has 0 spiro atoms. The van der Waals surface area contributed by atoms with E-state index in [0.717, 1.165) is 10.8 Å². The van der Waals surface area contributed by atoms with Crippen molar-refractivity contribution in [3.05, 3.63) is 46.7 Å². The second-order valence-electron chi connectivity index (χ2n) is 3.85. The highest BCUT2D eigenvalue weighted by Crippen LogP contribution is 2.18. The second kappa shape index (κ2) is 4.94. The zero-order valence-electron chi connectivity index (χ0n) is 10.0. The number of anilines is 1. The van der Waals surface area contributed by atoms with E-state index in [4.69, 9.17) is 0 Å². The third-order valence-corrected chi connectivity index (χ3v) is 4.12. The average Bonchev–Trinajstić information content (AvgIpc) is 3.08. The summed E-state index contributed by atoms with van der Waals surface area (Å²) >= 11 is 2.83. The molecule has 0 aromatic carbocycles. The van der Waals surface area contributed by atoms with Crippen molar-refractivity contribution in [2.24, 2.45) is 0 Å². The summed E-state index contributed by atoms with van der Waals surface area (Å²) in [5.41, 5.74) is 1.30. The molecule has 0 bridgehead atoms. The summed E-state index contributed by atoms with van der Waals surface area (Å²) in [5.74, 6) is -0.232. The molecule has 0 aliphatic rings. The van der Waals surface area contributed by atoms with Crippen LogP contribution in [0.2, 0.25) is 0 Å². The number of carbonyl (C=O) groups excluding carboxylic acids is 1. The number of rotatable bonds is 3. The number of amides is 1. The van der Waals surface area contributed by atoms with Crippen LogP contribution in [-0.2, 0) is 0 Å². The first-order valence-electron chi connectivity index (χ1n) is 5.55. The van der Waals surface area contributed by atoms with Gasteiger partial charge in [-0.1, -0.05) is 0 Å². The van der Waals surface area contributed by atoms with Crippen molar-refractivity contribution in [1.82, 2.24) is 14.5 Å². The lowest BCUT2D eigenvalue weighted by atomic mass is 10.5. The molecule has 0 aliphatic heterocycles. The van der Waals surface area contributed by atoms with Crippen LogP contribution in [0, 0.1) is 6.92 Å². The minimum atomic E-state index is -0.232. The van der Waals surface area contributed by atoms with Crippen LogP contribution < -0.4 is 5.32 Å². The standard InChI is InChI=1S/C12H10N4OS2/c1-8-6-18-11(13-8)15-10(17)9-7-19-12(14-9)16-4-2-3-5-16/h2-7H,1H3,(H,13,15,17). The zero-order chi connectivity index (χ0) is 13.2. The van der Waals surface area contributed by atoms with Gasteiger partial charge in [-0.3, -0.25) is 10.1 Å². The van der Waals surface area contributed by atoms with Gasteiger partial charge in [-0.2, -0.15) is 0 Å². The maximum Gasteiger partial charge on any atom is 0.276 e. The van der Waals surface area contributed by atoms with Gasteiger partial charge in [-0.25, -0.2) is 9.97 Å². The molecule has 1 amide bonds. The fourth-order valence-electron chi connectivity index (χ4n) is 1.52. The third kappa shape index (κ3) is 2.56. The van der Waals surface area contributed by atoms with Crippen molar-refractivity contribution in [3.8, 4) is 5.13 Å². The van der Waals surface area contributed by atoms with E-state index in [1.54, 1.807) is 5.38 Å². The Balaban J connectivity index is 1.77. The van der Waals surface area contributed by atoms with Gasteiger partial charge in [0.2, 0.25) is 0 Å². The number of thiazole rings is 2. The van der Waals surface area contributed by atoms with Crippen LogP contribution in [0.4, 0.5) is 5.13 Å². The molecule has 3 heterocycles. The van der Waals surface area contributed by atoms with E-state index >= 15 is 0 Å². The van der Waals surface area contributed by atoms with Crippen LogP contribution in [0.3, 0.4) is 0 Å². The van der Waals surface area contributed by atoms with Gasteiger partial charge in [0, 0.05) is 23.2 Å². The Labute approximate surface area is 117 Å². The molecule has 5 nitrogen and oxygen atoms in total. The molecular weight excluding hydrogens is 280 g/mol. The van der Waals surface area contributed by atoms with E-state index < -0.39 is 0 Å². The fraction of sp³-hybridized carbons (Fsp3) is 0.0833. The van der Waals surface area contributed by atoms with E-state index in [1.807, 2.05) is 41.4 Å². The average molecular weight is 290 g/mol. The van der Waals surface area contributed by atoms with E-state index in [0.29, 0.717) is 10.8 Å². The first kappa shape index (κ1) is 12.1. The van der Waals surface area contributed by atoms with Gasteiger partial charge < -0.3 is 4.57 Å². The quantitative estimate of drug-likeness (QED) is 0.806. The van der Waals surface area contributed by atoms with Gasteiger partial charge in [0.05, 0.1) is 5.69 Å². The van der Waals surface area contributed by atoms with Gasteiger partial charge in [0.25, 0.3) is 5.91 Å². The molecule has 0 atom stereocenters. The van der Waals surface area contributed by atoms with Crippen molar-refractivity contribution < 1.29 is 4.79 Å². The number of nitrogens with one attached hydrogen (secondary N) is 1. The Morgan fingerprint density at radius 1 is 1.21 bits per heavy atom. The Bertz CT molecular complexity index is 699. The predicted molar refractivity (Wildman–Crippen MR) is 76.2 cm³/mol. The summed E-state index contributed by atoms with van der Waals surface area (Å²) in [6.07, 6.45) is 3.79. The molecule has 0 fully saturated rings. The molecule has 96 valence electrons. The van der Waals surface area contributed by atoms with Crippen molar-refractivity contribution >= 4 is 33.7 Å². The predicted octanol–water partition coefficient (Wildman–Crippen LogP) is 2.95. The minimum absolute atomic E-state index is 0.232. The molecule has 0 radical (unpaired) electrons. The van der Waals surface area contributed by atoms with Crippen LogP contribution >= 0.6 is 22.7 Å². The third-order valence-electron chi connectivity index (χ3n) is 2.39. The van der Waals surface area contributed by atoms with Crippen LogP contribution in [0.1, 0.15) is 16.2 Å². The smallest absolute Gasteiger partial charge is 0.276 e. The highest BCUT2D eigenvalue weighted by atomic mass is 32.1. The Morgan fingerprint density at radius 3 is 2.68 bits per heavy atom. The molecule has 3 rings (SSSR count). The number of aryl methyl sites for hydroxylation is 1. The molecule has 3 aromatic heterocycles. The lowest BCUT2D eigenvalue weighted by Crippen LogP contribution is -2.12. The fourth-order valence-corrected chi connectivity index (χ4v) is 2.98. The molecule has 0 unspecified atom stereocenters. The maximum absolute atomic E-state index is 12.0. The van der Waals surface area contributed by atoms with Gasteiger partial charge in [-0.15, -0.1) is 22.7 Å². The highest BCUT2D eigenvalue weighted by molar-refractivity contribution is 7.14. The lowest BCUT2D eigenvalue weighted by molar-refractivity contribution is 0.102. The minimum Gasteiger partial charge on any atom is -0.300 e. The maximum atomic E-state index is 12.0. The Morgan fingerprint density at radius 2 is 2.00 bits per heavy atom. The van der Waals surface area contributed by atoms with E-state index in [2.05, 4.69) is 15.3 Å². The molecule has 19 heavy (non-hydrogen) atoms. The summed E-state index contributed by atoms with van der Waals surface area (Å²) < 4.78 is 1.87. The molecule has 3 aromatic rings. The number of hydrogen-bond acceptors (Lipinski definition) is 5. The van der Waals surface area contributed by atoms with Crippen LogP contribution in [0.25, 0.3) is 5.13 Å². The summed E-state index contributed by atoms with van der Waals surface area (Å²) in [6, 6.07) is 3.83. The Hall–Kier alpha value is -1.99. The van der Waals surface area contributed by atoms with Gasteiger partial charge in [0.1, 0.15) is 5.69 Å². The van der Waals surface area contributed by atoms with E-state index in [9.17, 15) is 4.79 Å². The second-order valence-corrected chi connectivity index (χ2v) is 5.55. The summed E-state index contributed by atoms with van der Waals surface area (Å²) in [6.45, 7) is 1.89. The molecule has 0 aliphatic carbocycles. The van der Waals surface area contributed by atoms with Crippen LogP contribution in [0.5, 0.6) is 0 Å². The highest BCUT2D eigenvalue weighted by Gasteiger charge is 2.13. The largest absolute Gasteiger partial charge is 0.300 e. The molecule has 1 N–H and O–H groups in total. The summed E-state index contributed by atoms with van der Waals surface area (Å²) in [4.78, 5) is 20.5. The molecule has 7 heteroatoms. The number of nitrogens with zero attached hydrogens (tertiary/aromatic N) is 3. The van der Waals surface area contributed by atoms with Crippen LogP contribution in [0.15, 0.2) is 35.3 Å². The monoisotopic (exact) mass is 290 g/mol. The summed E-state index contributed by atoms with van der Waals surface area (Å²) in [7, 11) is 0. The van der Waals surface area contributed by atoms with E-state index in [1.165, 1.54) is 22.7 Å². The van der Waals surface area contributed by atoms with Crippen molar-refractivity contribution in [2.45, 2.75) is 6.92 Å². The zero-order valence-corrected chi connectivity index (χ0v) is 11.7. The number of hydrogen-bond donors (Lipinski definition) is 1. The first-order valence-corrected chi connectivity index (χ1v) is 7.30. The molecule has 0 saturated carbocycles. The van der Waals surface area contributed by atoms with Gasteiger partial charge in [-0.05, 0) is 19.1 Å². The topological polar surface area (TPSA) is 59.8 Å². The Kier molecular flexibility index (Phi) is 3.14. The van der Waals surface area contributed by atoms with Gasteiger partial charge in [0.15, 0.2) is 10.3 Å². The SMILES string of the molecule is Cc1csc(NC(=O)c2csc(-n3cccc3)n2)n1. The first-order chi connectivity index (χ1) is 9.22. The van der Waals surface area contributed by atoms with Crippen LogP contribution in [-0.4, -0.2) is 20.4 Å². The lowest BCUT2D eigenvalue weighted by Gasteiger charge is -1.97. The van der Waals surface area contributed by atoms with Crippen molar-refractivity contribution in [2.75, 3.05) is 5.32 Å². The summed E-state index contributed by atoms with van der Waals surface area (Å²) in [5, 5.41) is 7.74. The van der Waals surface area contributed by atoms with Gasteiger partial charge >= 0.3 is 0 Å². The molecular formula is C12H10N4OS2. The normalized spacial score (nSPS) is 10.6. The van der Waals surface area contributed by atoms with Crippen molar-refractivity contribution in [3.63, 3.8) is 0 Å². The number of carbonyl (C=O) groups is 1. The molecule has 0 saturated heterocycles. The van der Waals surface area contributed by atoms with E-state index in [-0.39, 0.29) is 5.91 Å². The number of aromatic nitrogens is 3. The van der Waals surface area contributed by atoms with Crippen molar-refractivity contribution in [1.29, 1.82) is 0 Å².